The second kappa shape index (κ2) is 9.02. The first kappa shape index (κ1) is 21.7. The standard InChI is InChI=1S/C25H30N6O2/c1-15-20-14-28-25(29-21-10-9-18(13-27-21)17-6-5-11-26-12-17)30-23(20)31(19-7-3-4-8-19)24(33)22(15)16(2)32/h9-10,13-14,17,19,26H,3-8,11-12H2,1-2H3,(H,27,28,29,30). The van der Waals surface area contributed by atoms with E-state index in [9.17, 15) is 9.59 Å². The van der Waals surface area contributed by atoms with E-state index >= 15 is 0 Å². The van der Waals surface area contributed by atoms with Crippen molar-refractivity contribution in [1.29, 1.82) is 0 Å². The van der Waals surface area contributed by atoms with E-state index in [4.69, 9.17) is 4.98 Å². The number of anilines is 2. The summed E-state index contributed by atoms with van der Waals surface area (Å²) in [6.45, 7) is 5.32. The molecule has 1 aliphatic carbocycles. The molecule has 33 heavy (non-hydrogen) atoms. The van der Waals surface area contributed by atoms with Crippen molar-refractivity contribution in [3.05, 3.63) is 51.6 Å². The van der Waals surface area contributed by atoms with Gasteiger partial charge in [-0.2, -0.15) is 4.98 Å². The van der Waals surface area contributed by atoms with E-state index in [-0.39, 0.29) is 22.9 Å². The lowest BCUT2D eigenvalue weighted by Gasteiger charge is -2.22. The van der Waals surface area contributed by atoms with Crippen LogP contribution in [-0.2, 0) is 0 Å². The smallest absolute Gasteiger partial charge is 0.263 e. The second-order valence-electron chi connectivity index (χ2n) is 9.25. The molecule has 1 atom stereocenters. The third kappa shape index (κ3) is 4.15. The Labute approximate surface area is 192 Å². The predicted octanol–water partition coefficient (Wildman–Crippen LogP) is 4.02. The molecule has 5 rings (SSSR count). The monoisotopic (exact) mass is 446 g/mol. The molecule has 2 aliphatic rings. The van der Waals surface area contributed by atoms with Gasteiger partial charge in [0.15, 0.2) is 5.78 Å². The minimum atomic E-state index is -0.243. The Morgan fingerprint density at radius 3 is 2.61 bits per heavy atom. The third-order valence-electron chi connectivity index (χ3n) is 7.04. The molecule has 0 radical (unpaired) electrons. The molecule has 0 aromatic carbocycles. The number of nitrogens with zero attached hydrogens (tertiary/aromatic N) is 4. The van der Waals surface area contributed by atoms with Crippen LogP contribution in [0.2, 0.25) is 0 Å². The number of ketones is 1. The van der Waals surface area contributed by atoms with Gasteiger partial charge < -0.3 is 10.6 Å². The van der Waals surface area contributed by atoms with Gasteiger partial charge in [0.1, 0.15) is 11.5 Å². The molecule has 2 N–H and O–H groups in total. The molecule has 1 aliphatic heterocycles. The van der Waals surface area contributed by atoms with E-state index in [0.717, 1.165) is 44.2 Å². The van der Waals surface area contributed by atoms with E-state index in [2.05, 4.69) is 26.7 Å². The highest BCUT2D eigenvalue weighted by molar-refractivity contribution is 5.99. The van der Waals surface area contributed by atoms with Crippen molar-refractivity contribution < 1.29 is 4.79 Å². The van der Waals surface area contributed by atoms with Crippen LogP contribution in [0.5, 0.6) is 0 Å². The van der Waals surface area contributed by atoms with Gasteiger partial charge in [-0.1, -0.05) is 18.9 Å². The van der Waals surface area contributed by atoms with Crippen LogP contribution in [0.1, 0.15) is 78.9 Å². The summed E-state index contributed by atoms with van der Waals surface area (Å²) < 4.78 is 1.73. The Bertz CT molecular complexity index is 1240. The number of fused-ring (bicyclic) bond motifs is 1. The zero-order valence-electron chi connectivity index (χ0n) is 19.2. The summed E-state index contributed by atoms with van der Waals surface area (Å²) in [4.78, 5) is 39.4. The summed E-state index contributed by atoms with van der Waals surface area (Å²) in [5, 5.41) is 7.37. The Morgan fingerprint density at radius 1 is 1.12 bits per heavy atom. The summed E-state index contributed by atoms with van der Waals surface area (Å²) in [5.41, 5.74) is 2.46. The molecule has 0 amide bonds. The Hall–Kier alpha value is -3.13. The highest BCUT2D eigenvalue weighted by Gasteiger charge is 2.26. The van der Waals surface area contributed by atoms with Gasteiger partial charge in [-0.15, -0.1) is 0 Å². The Morgan fingerprint density at radius 2 is 1.94 bits per heavy atom. The van der Waals surface area contributed by atoms with Crippen molar-refractivity contribution in [2.24, 2.45) is 0 Å². The number of carbonyl (C=O) groups is 1. The topological polar surface area (TPSA) is 102 Å². The molecule has 2 fully saturated rings. The summed E-state index contributed by atoms with van der Waals surface area (Å²) >= 11 is 0. The van der Waals surface area contributed by atoms with Crippen LogP contribution in [0, 0.1) is 6.92 Å². The van der Waals surface area contributed by atoms with E-state index in [0.29, 0.717) is 28.9 Å². The molecule has 3 aromatic heterocycles. The van der Waals surface area contributed by atoms with Crippen molar-refractivity contribution in [1.82, 2.24) is 24.8 Å². The first-order valence-corrected chi connectivity index (χ1v) is 11.9. The molecule has 1 unspecified atom stereocenters. The number of hydrogen-bond acceptors (Lipinski definition) is 7. The lowest BCUT2D eigenvalue weighted by Crippen LogP contribution is -2.30. The van der Waals surface area contributed by atoms with E-state index in [1.165, 1.54) is 25.3 Å². The Balaban J connectivity index is 1.51. The number of rotatable bonds is 5. The minimum absolute atomic E-state index is 0.0583. The van der Waals surface area contributed by atoms with Gasteiger partial charge >= 0.3 is 0 Å². The third-order valence-corrected chi connectivity index (χ3v) is 7.04. The number of nitrogens with one attached hydrogen (secondary N) is 2. The van der Waals surface area contributed by atoms with Crippen molar-refractivity contribution in [3.63, 3.8) is 0 Å². The minimum Gasteiger partial charge on any atom is -0.316 e. The fourth-order valence-corrected chi connectivity index (χ4v) is 5.28. The molecule has 1 saturated heterocycles. The largest absolute Gasteiger partial charge is 0.316 e. The van der Waals surface area contributed by atoms with Crippen molar-refractivity contribution >= 4 is 28.6 Å². The molecule has 4 heterocycles. The van der Waals surface area contributed by atoms with Crippen molar-refractivity contribution in [2.45, 2.75) is 64.3 Å². The maximum Gasteiger partial charge on any atom is 0.263 e. The van der Waals surface area contributed by atoms with Crippen LogP contribution in [0.4, 0.5) is 11.8 Å². The maximum absolute atomic E-state index is 13.3. The molecule has 1 saturated carbocycles. The number of pyridine rings is 2. The normalized spacial score (nSPS) is 19.2. The lowest BCUT2D eigenvalue weighted by molar-refractivity contribution is 0.101. The molecule has 0 spiro atoms. The molecule has 8 nitrogen and oxygen atoms in total. The fraction of sp³-hybridized carbons (Fsp3) is 0.480. The van der Waals surface area contributed by atoms with E-state index in [1.807, 2.05) is 12.3 Å². The Kier molecular flexibility index (Phi) is 5.93. The number of aryl methyl sites for hydroxylation is 1. The average Bonchev–Trinajstić information content (AvgIpc) is 3.34. The van der Waals surface area contributed by atoms with Gasteiger partial charge in [0.25, 0.3) is 5.56 Å². The van der Waals surface area contributed by atoms with E-state index in [1.54, 1.807) is 17.7 Å². The zero-order valence-corrected chi connectivity index (χ0v) is 19.2. The molecule has 172 valence electrons. The van der Waals surface area contributed by atoms with Crippen LogP contribution >= 0.6 is 0 Å². The molecule has 3 aromatic rings. The second-order valence-corrected chi connectivity index (χ2v) is 9.25. The van der Waals surface area contributed by atoms with Crippen molar-refractivity contribution in [3.8, 4) is 0 Å². The zero-order chi connectivity index (χ0) is 22.9. The quantitative estimate of drug-likeness (QED) is 0.571. The van der Waals surface area contributed by atoms with Gasteiger partial charge in [-0.3, -0.25) is 14.2 Å². The van der Waals surface area contributed by atoms with Gasteiger partial charge in [0.2, 0.25) is 5.95 Å². The first-order chi connectivity index (χ1) is 16.0. The molecule has 0 bridgehead atoms. The van der Waals surface area contributed by atoms with Crippen LogP contribution in [0.25, 0.3) is 11.0 Å². The molecular weight excluding hydrogens is 416 g/mol. The van der Waals surface area contributed by atoms with Crippen LogP contribution in [0.15, 0.2) is 29.3 Å². The number of Topliss-reactive ketones (excluding diaryl/α,β-unsaturated/α-hetero) is 1. The van der Waals surface area contributed by atoms with Gasteiger partial charge in [-0.25, -0.2) is 9.97 Å². The highest BCUT2D eigenvalue weighted by Crippen LogP contribution is 2.32. The fourth-order valence-electron chi connectivity index (χ4n) is 5.28. The number of aromatic nitrogens is 4. The van der Waals surface area contributed by atoms with Crippen LogP contribution < -0.4 is 16.2 Å². The first-order valence-electron chi connectivity index (χ1n) is 11.9. The van der Waals surface area contributed by atoms with E-state index < -0.39 is 0 Å². The summed E-state index contributed by atoms with van der Waals surface area (Å²) in [6.07, 6.45) is 9.97. The van der Waals surface area contributed by atoms with Crippen molar-refractivity contribution in [2.75, 3.05) is 18.4 Å². The lowest BCUT2D eigenvalue weighted by atomic mass is 9.93. The highest BCUT2D eigenvalue weighted by atomic mass is 16.1. The maximum atomic E-state index is 13.3. The predicted molar refractivity (Wildman–Crippen MR) is 128 cm³/mol. The summed E-state index contributed by atoms with van der Waals surface area (Å²) in [7, 11) is 0. The van der Waals surface area contributed by atoms with Crippen LogP contribution in [-0.4, -0.2) is 38.4 Å². The average molecular weight is 447 g/mol. The number of hydrogen-bond donors (Lipinski definition) is 2. The van der Waals surface area contributed by atoms with Gasteiger partial charge in [-0.05, 0) is 69.2 Å². The van der Waals surface area contributed by atoms with Gasteiger partial charge in [0, 0.05) is 30.4 Å². The van der Waals surface area contributed by atoms with Crippen LogP contribution in [0.3, 0.4) is 0 Å². The number of carbonyl (C=O) groups excluding carboxylic acids is 1. The molecular formula is C25H30N6O2. The summed E-state index contributed by atoms with van der Waals surface area (Å²) in [6, 6.07) is 4.11. The SMILES string of the molecule is CC(=O)c1c(C)c2cnc(Nc3ccc(C4CCCNC4)cn3)nc2n(C2CCCC2)c1=O. The summed E-state index contributed by atoms with van der Waals surface area (Å²) in [5.74, 6) is 1.33. The molecule has 8 heteroatoms. The van der Waals surface area contributed by atoms with Gasteiger partial charge in [0.05, 0.1) is 5.56 Å². The number of piperidine rings is 1.